The number of rotatable bonds is 4. The summed E-state index contributed by atoms with van der Waals surface area (Å²) in [7, 11) is 0. The molecule has 0 radical (unpaired) electrons. The number of carboxylic acids is 1. The Labute approximate surface area is 113 Å². The van der Waals surface area contributed by atoms with Gasteiger partial charge in [-0.2, -0.15) is 0 Å². The minimum Gasteiger partial charge on any atom is -0.481 e. The van der Waals surface area contributed by atoms with Gasteiger partial charge in [-0.15, -0.1) is 0 Å². The lowest BCUT2D eigenvalue weighted by atomic mass is 10.0. The van der Waals surface area contributed by atoms with Crippen LogP contribution in [0.2, 0.25) is 0 Å². The number of benzene rings is 1. The molecular weight excluding hydrogens is 242 g/mol. The number of carboxylic acid groups (broad SMARTS) is 1. The van der Waals surface area contributed by atoms with E-state index in [-0.39, 0.29) is 18.4 Å². The van der Waals surface area contributed by atoms with E-state index in [0.29, 0.717) is 12.1 Å². The molecule has 0 saturated carbocycles. The largest absolute Gasteiger partial charge is 0.481 e. The highest BCUT2D eigenvalue weighted by molar-refractivity contribution is 5.96. The van der Waals surface area contributed by atoms with Gasteiger partial charge in [0.2, 0.25) is 0 Å². The van der Waals surface area contributed by atoms with E-state index in [4.69, 9.17) is 5.11 Å². The van der Waals surface area contributed by atoms with Gasteiger partial charge in [0.25, 0.3) is 5.91 Å². The molecule has 1 heterocycles. The maximum absolute atomic E-state index is 12.6. The van der Waals surface area contributed by atoms with Gasteiger partial charge in [0.05, 0.1) is 6.42 Å². The van der Waals surface area contributed by atoms with Crippen LogP contribution in [-0.2, 0) is 11.2 Å². The van der Waals surface area contributed by atoms with Crippen LogP contribution in [-0.4, -0.2) is 34.5 Å². The molecule has 0 unspecified atom stereocenters. The molecule has 0 aliphatic carbocycles. The number of hydrogen-bond donors (Lipinski definition) is 1. The highest BCUT2D eigenvalue weighted by atomic mass is 16.4. The predicted molar refractivity (Wildman–Crippen MR) is 72.1 cm³/mol. The molecule has 0 aromatic heterocycles. The molecule has 1 N–H and O–H groups in total. The summed E-state index contributed by atoms with van der Waals surface area (Å²) in [4.78, 5) is 25.1. The maximum Gasteiger partial charge on any atom is 0.305 e. The number of hydrogen-bond acceptors (Lipinski definition) is 2. The second-order valence-electron chi connectivity index (χ2n) is 4.90. The van der Waals surface area contributed by atoms with Crippen molar-refractivity contribution in [2.75, 3.05) is 6.54 Å². The van der Waals surface area contributed by atoms with E-state index in [1.165, 1.54) is 0 Å². The van der Waals surface area contributed by atoms with Crippen molar-refractivity contribution in [3.63, 3.8) is 0 Å². The minimum absolute atomic E-state index is 0.0267. The van der Waals surface area contributed by atoms with Crippen molar-refractivity contribution in [3.05, 3.63) is 35.4 Å². The smallest absolute Gasteiger partial charge is 0.305 e. The summed E-state index contributed by atoms with van der Waals surface area (Å²) in [6, 6.07) is 7.41. The molecule has 1 aliphatic heterocycles. The number of carbonyl (C=O) groups is 2. The molecule has 0 spiro atoms. The average molecular weight is 261 g/mol. The first-order valence-electron chi connectivity index (χ1n) is 6.74. The van der Waals surface area contributed by atoms with E-state index in [1.807, 2.05) is 31.2 Å². The Morgan fingerprint density at radius 3 is 2.79 bits per heavy atom. The molecule has 1 atom stereocenters. The molecule has 102 valence electrons. The van der Waals surface area contributed by atoms with Gasteiger partial charge in [0, 0.05) is 18.2 Å². The van der Waals surface area contributed by atoms with Crippen molar-refractivity contribution in [2.24, 2.45) is 0 Å². The zero-order valence-corrected chi connectivity index (χ0v) is 11.1. The summed E-state index contributed by atoms with van der Waals surface area (Å²) in [5, 5.41) is 8.91. The summed E-state index contributed by atoms with van der Waals surface area (Å²) >= 11 is 0. The fourth-order valence-corrected chi connectivity index (χ4v) is 2.71. The Kier molecular flexibility index (Phi) is 4.20. The zero-order valence-electron chi connectivity index (χ0n) is 11.1. The monoisotopic (exact) mass is 261 g/mol. The van der Waals surface area contributed by atoms with Crippen molar-refractivity contribution in [2.45, 2.75) is 38.6 Å². The quantitative estimate of drug-likeness (QED) is 0.905. The van der Waals surface area contributed by atoms with Crippen LogP contribution in [0, 0.1) is 0 Å². The Hall–Kier alpha value is -1.84. The molecule has 1 saturated heterocycles. The van der Waals surface area contributed by atoms with Gasteiger partial charge < -0.3 is 10.0 Å². The molecular formula is C15H19NO3. The van der Waals surface area contributed by atoms with Crippen LogP contribution < -0.4 is 0 Å². The third kappa shape index (κ3) is 2.95. The van der Waals surface area contributed by atoms with E-state index in [0.717, 1.165) is 24.8 Å². The van der Waals surface area contributed by atoms with Crippen LogP contribution in [0.4, 0.5) is 0 Å². The fourth-order valence-electron chi connectivity index (χ4n) is 2.71. The van der Waals surface area contributed by atoms with Crippen LogP contribution >= 0.6 is 0 Å². The number of likely N-dealkylation sites (tertiary alicyclic amines) is 1. The van der Waals surface area contributed by atoms with Gasteiger partial charge in [-0.3, -0.25) is 9.59 Å². The van der Waals surface area contributed by atoms with E-state index < -0.39 is 5.97 Å². The summed E-state index contributed by atoms with van der Waals surface area (Å²) < 4.78 is 0. The first-order chi connectivity index (χ1) is 9.13. The lowest BCUT2D eigenvalue weighted by molar-refractivity contribution is -0.137. The summed E-state index contributed by atoms with van der Waals surface area (Å²) in [6.07, 6.45) is 2.52. The highest BCUT2D eigenvalue weighted by Crippen LogP contribution is 2.24. The lowest BCUT2D eigenvalue weighted by Gasteiger charge is -2.24. The number of aryl methyl sites for hydroxylation is 1. The summed E-state index contributed by atoms with van der Waals surface area (Å²) in [5.41, 5.74) is 1.73. The first kappa shape index (κ1) is 13.6. The zero-order chi connectivity index (χ0) is 13.8. The molecule has 1 aromatic rings. The fraction of sp³-hybridized carbons (Fsp3) is 0.467. The van der Waals surface area contributed by atoms with Gasteiger partial charge in [0.1, 0.15) is 0 Å². The SMILES string of the molecule is CCc1ccccc1C(=O)N1CCC[C@H]1CC(=O)O. The molecule has 1 amide bonds. The number of nitrogens with zero attached hydrogens (tertiary/aromatic N) is 1. The third-order valence-corrected chi connectivity index (χ3v) is 3.68. The van der Waals surface area contributed by atoms with E-state index in [9.17, 15) is 9.59 Å². The van der Waals surface area contributed by atoms with Gasteiger partial charge in [0.15, 0.2) is 0 Å². The minimum atomic E-state index is -0.839. The van der Waals surface area contributed by atoms with Gasteiger partial charge in [-0.05, 0) is 30.9 Å². The Bertz CT molecular complexity index is 484. The highest BCUT2D eigenvalue weighted by Gasteiger charge is 2.31. The van der Waals surface area contributed by atoms with Gasteiger partial charge >= 0.3 is 5.97 Å². The number of aliphatic carboxylic acids is 1. The van der Waals surface area contributed by atoms with Crippen molar-refractivity contribution >= 4 is 11.9 Å². The molecule has 2 rings (SSSR count). The van der Waals surface area contributed by atoms with Crippen molar-refractivity contribution in [1.82, 2.24) is 4.90 Å². The molecule has 0 bridgehead atoms. The second kappa shape index (κ2) is 5.87. The molecule has 1 fully saturated rings. The predicted octanol–water partition coefficient (Wildman–Crippen LogP) is 2.33. The van der Waals surface area contributed by atoms with Gasteiger partial charge in [-0.1, -0.05) is 25.1 Å². The second-order valence-corrected chi connectivity index (χ2v) is 4.90. The molecule has 1 aliphatic rings. The topological polar surface area (TPSA) is 57.6 Å². The van der Waals surface area contributed by atoms with Crippen LogP contribution in [0.15, 0.2) is 24.3 Å². The summed E-state index contributed by atoms with van der Waals surface area (Å²) in [5.74, 6) is -0.866. The number of carbonyl (C=O) groups excluding carboxylic acids is 1. The lowest BCUT2D eigenvalue weighted by Crippen LogP contribution is -2.37. The number of amides is 1. The third-order valence-electron chi connectivity index (χ3n) is 3.68. The van der Waals surface area contributed by atoms with E-state index in [2.05, 4.69) is 0 Å². The maximum atomic E-state index is 12.6. The Morgan fingerprint density at radius 2 is 2.11 bits per heavy atom. The van der Waals surface area contributed by atoms with Crippen LogP contribution in [0.25, 0.3) is 0 Å². The summed E-state index contributed by atoms with van der Waals surface area (Å²) in [6.45, 7) is 2.68. The van der Waals surface area contributed by atoms with Gasteiger partial charge in [-0.25, -0.2) is 0 Å². The van der Waals surface area contributed by atoms with Crippen LogP contribution in [0.5, 0.6) is 0 Å². The van der Waals surface area contributed by atoms with E-state index >= 15 is 0 Å². The van der Waals surface area contributed by atoms with Crippen molar-refractivity contribution < 1.29 is 14.7 Å². The average Bonchev–Trinajstić information content (AvgIpc) is 2.85. The van der Waals surface area contributed by atoms with Crippen LogP contribution in [0.3, 0.4) is 0 Å². The van der Waals surface area contributed by atoms with Crippen molar-refractivity contribution in [1.29, 1.82) is 0 Å². The normalized spacial score (nSPS) is 18.6. The molecule has 4 heteroatoms. The Balaban J connectivity index is 2.20. The van der Waals surface area contributed by atoms with E-state index in [1.54, 1.807) is 4.90 Å². The van der Waals surface area contributed by atoms with Crippen molar-refractivity contribution in [3.8, 4) is 0 Å². The standard InChI is InChI=1S/C15H19NO3/c1-2-11-6-3-4-8-13(11)15(19)16-9-5-7-12(16)10-14(17)18/h3-4,6,8,12H,2,5,7,9-10H2,1H3,(H,17,18)/t12-/m0/s1. The first-order valence-corrected chi connectivity index (χ1v) is 6.74. The molecule has 1 aromatic carbocycles. The van der Waals surface area contributed by atoms with Crippen LogP contribution in [0.1, 0.15) is 42.1 Å². The Morgan fingerprint density at radius 1 is 1.37 bits per heavy atom. The molecule has 4 nitrogen and oxygen atoms in total. The molecule has 19 heavy (non-hydrogen) atoms.